The first-order valence-electron chi connectivity index (χ1n) is 6.54. The Labute approximate surface area is 124 Å². The molecule has 0 bridgehead atoms. The largest absolute Gasteiger partial charge is 0.389 e. The number of amides is 1. The molecule has 0 saturated heterocycles. The van der Waals surface area contributed by atoms with Crippen LogP contribution < -0.4 is 10.9 Å². The lowest BCUT2D eigenvalue weighted by Gasteiger charge is -2.13. The SMILES string of the molecule is O=C(NCC(O)Cn1ccccc1=O)c1ccc(F)cc1F. The molecule has 2 N–H and O–H groups in total. The average Bonchev–Trinajstić information content (AvgIpc) is 2.47. The molecule has 1 amide bonds. The van der Waals surface area contributed by atoms with Crippen LogP contribution in [0.3, 0.4) is 0 Å². The minimum Gasteiger partial charge on any atom is -0.389 e. The number of aliphatic hydroxyl groups is 1. The van der Waals surface area contributed by atoms with Gasteiger partial charge in [0.1, 0.15) is 11.6 Å². The highest BCUT2D eigenvalue weighted by atomic mass is 19.1. The van der Waals surface area contributed by atoms with Gasteiger partial charge >= 0.3 is 0 Å². The van der Waals surface area contributed by atoms with Gasteiger partial charge in [0.05, 0.1) is 18.2 Å². The summed E-state index contributed by atoms with van der Waals surface area (Å²) in [5, 5.41) is 12.1. The Morgan fingerprint density at radius 3 is 2.73 bits per heavy atom. The lowest BCUT2D eigenvalue weighted by atomic mass is 10.2. The summed E-state index contributed by atoms with van der Waals surface area (Å²) in [7, 11) is 0. The van der Waals surface area contributed by atoms with Gasteiger partial charge in [-0.05, 0) is 18.2 Å². The maximum absolute atomic E-state index is 13.4. The summed E-state index contributed by atoms with van der Waals surface area (Å²) in [6.45, 7) is -0.178. The van der Waals surface area contributed by atoms with Gasteiger partial charge in [0.15, 0.2) is 0 Å². The molecule has 2 rings (SSSR count). The van der Waals surface area contributed by atoms with E-state index in [4.69, 9.17) is 0 Å². The number of pyridine rings is 1. The highest BCUT2D eigenvalue weighted by Gasteiger charge is 2.14. The van der Waals surface area contributed by atoms with Crippen molar-refractivity contribution in [3.05, 3.63) is 70.1 Å². The summed E-state index contributed by atoms with van der Waals surface area (Å²) in [4.78, 5) is 23.2. The molecule has 0 saturated carbocycles. The first-order chi connectivity index (χ1) is 10.5. The third kappa shape index (κ3) is 3.98. The van der Waals surface area contributed by atoms with Crippen molar-refractivity contribution < 1.29 is 18.7 Å². The van der Waals surface area contributed by atoms with Crippen LogP contribution in [0.1, 0.15) is 10.4 Å². The Morgan fingerprint density at radius 2 is 2.05 bits per heavy atom. The molecule has 1 heterocycles. The van der Waals surface area contributed by atoms with Crippen molar-refractivity contribution in [1.82, 2.24) is 9.88 Å². The Bertz CT molecular complexity index is 731. The second-order valence-electron chi connectivity index (χ2n) is 4.68. The van der Waals surface area contributed by atoms with Crippen molar-refractivity contribution in [3.63, 3.8) is 0 Å². The van der Waals surface area contributed by atoms with Crippen molar-refractivity contribution in [1.29, 1.82) is 0 Å². The van der Waals surface area contributed by atoms with Crippen molar-refractivity contribution in [2.75, 3.05) is 6.54 Å². The topological polar surface area (TPSA) is 71.3 Å². The lowest BCUT2D eigenvalue weighted by Crippen LogP contribution is -2.36. The maximum Gasteiger partial charge on any atom is 0.254 e. The third-order valence-corrected chi connectivity index (χ3v) is 2.98. The van der Waals surface area contributed by atoms with Crippen LogP contribution in [0, 0.1) is 11.6 Å². The zero-order valence-corrected chi connectivity index (χ0v) is 11.5. The number of carbonyl (C=O) groups excluding carboxylic acids is 1. The molecule has 1 aromatic carbocycles. The van der Waals surface area contributed by atoms with E-state index in [1.165, 1.54) is 16.8 Å². The fourth-order valence-electron chi connectivity index (χ4n) is 1.88. The minimum atomic E-state index is -1.02. The van der Waals surface area contributed by atoms with Gasteiger partial charge in [0, 0.05) is 24.9 Å². The van der Waals surface area contributed by atoms with E-state index < -0.39 is 23.6 Å². The second kappa shape index (κ2) is 6.95. The van der Waals surface area contributed by atoms with E-state index in [0.717, 1.165) is 12.1 Å². The van der Waals surface area contributed by atoms with Gasteiger partial charge in [0.25, 0.3) is 11.5 Å². The van der Waals surface area contributed by atoms with Gasteiger partial charge in [-0.15, -0.1) is 0 Å². The number of aromatic nitrogens is 1. The lowest BCUT2D eigenvalue weighted by molar-refractivity contribution is 0.0899. The molecule has 0 fully saturated rings. The predicted octanol–water partition coefficient (Wildman–Crippen LogP) is 0.917. The number of benzene rings is 1. The molecule has 1 atom stereocenters. The molecular formula is C15H14F2N2O3. The van der Waals surface area contributed by atoms with Gasteiger partial charge < -0.3 is 15.0 Å². The molecule has 2 aromatic rings. The molecule has 116 valence electrons. The smallest absolute Gasteiger partial charge is 0.254 e. The fraction of sp³-hybridized carbons (Fsp3) is 0.200. The zero-order chi connectivity index (χ0) is 16.1. The molecule has 0 aliphatic rings. The van der Waals surface area contributed by atoms with Gasteiger partial charge in [-0.1, -0.05) is 6.07 Å². The van der Waals surface area contributed by atoms with Crippen molar-refractivity contribution >= 4 is 5.91 Å². The number of hydrogen-bond acceptors (Lipinski definition) is 3. The quantitative estimate of drug-likeness (QED) is 0.863. The zero-order valence-electron chi connectivity index (χ0n) is 11.5. The van der Waals surface area contributed by atoms with Crippen LogP contribution in [0.2, 0.25) is 0 Å². The summed E-state index contributed by atoms with van der Waals surface area (Å²) in [5.41, 5.74) is -0.595. The molecule has 1 unspecified atom stereocenters. The summed E-state index contributed by atoms with van der Waals surface area (Å²) in [6, 6.07) is 7.16. The summed E-state index contributed by atoms with van der Waals surface area (Å²) >= 11 is 0. The van der Waals surface area contributed by atoms with E-state index in [1.807, 2.05) is 0 Å². The van der Waals surface area contributed by atoms with E-state index in [9.17, 15) is 23.5 Å². The number of nitrogens with zero attached hydrogens (tertiary/aromatic N) is 1. The molecule has 7 heteroatoms. The summed E-state index contributed by atoms with van der Waals surface area (Å²) in [6.07, 6.45) is 0.486. The highest BCUT2D eigenvalue weighted by Crippen LogP contribution is 2.09. The number of carbonyl (C=O) groups is 1. The third-order valence-electron chi connectivity index (χ3n) is 2.98. The second-order valence-corrected chi connectivity index (χ2v) is 4.68. The standard InChI is InChI=1S/C15H14F2N2O3/c16-10-4-5-12(13(17)7-10)15(22)18-8-11(20)9-19-6-2-1-3-14(19)21/h1-7,11,20H,8-9H2,(H,18,22). The Morgan fingerprint density at radius 1 is 1.27 bits per heavy atom. The molecule has 1 aromatic heterocycles. The van der Waals surface area contributed by atoms with Crippen LogP contribution in [0.15, 0.2) is 47.4 Å². The van der Waals surface area contributed by atoms with Gasteiger partial charge in [-0.2, -0.15) is 0 Å². The van der Waals surface area contributed by atoms with Crippen LogP contribution >= 0.6 is 0 Å². The average molecular weight is 308 g/mol. The van der Waals surface area contributed by atoms with E-state index >= 15 is 0 Å². The maximum atomic E-state index is 13.4. The van der Waals surface area contributed by atoms with E-state index in [0.29, 0.717) is 6.07 Å². The Balaban J connectivity index is 1.93. The molecule has 0 spiro atoms. The normalized spacial score (nSPS) is 12.0. The Kier molecular flexibility index (Phi) is 5.00. The number of halogens is 2. The minimum absolute atomic E-state index is 0.00808. The van der Waals surface area contributed by atoms with Crippen LogP contribution in [0.5, 0.6) is 0 Å². The predicted molar refractivity (Wildman–Crippen MR) is 75.4 cm³/mol. The fourth-order valence-corrected chi connectivity index (χ4v) is 1.88. The molecule has 0 aliphatic carbocycles. The van der Waals surface area contributed by atoms with Crippen LogP contribution in [0.4, 0.5) is 8.78 Å². The number of hydrogen-bond donors (Lipinski definition) is 2. The van der Waals surface area contributed by atoms with E-state index in [2.05, 4.69) is 5.32 Å². The number of nitrogens with one attached hydrogen (secondary N) is 1. The van der Waals surface area contributed by atoms with Gasteiger partial charge in [0.2, 0.25) is 0 Å². The molecule has 0 radical (unpaired) electrons. The van der Waals surface area contributed by atoms with Crippen LogP contribution in [0.25, 0.3) is 0 Å². The van der Waals surface area contributed by atoms with Crippen molar-refractivity contribution in [3.8, 4) is 0 Å². The number of aliphatic hydroxyl groups excluding tert-OH is 1. The molecule has 22 heavy (non-hydrogen) atoms. The van der Waals surface area contributed by atoms with Crippen LogP contribution in [-0.2, 0) is 6.54 Å². The van der Waals surface area contributed by atoms with E-state index in [1.54, 1.807) is 12.1 Å². The van der Waals surface area contributed by atoms with Gasteiger partial charge in [-0.25, -0.2) is 8.78 Å². The number of rotatable bonds is 5. The summed E-state index contributed by atoms with van der Waals surface area (Å²) in [5.74, 6) is -2.53. The van der Waals surface area contributed by atoms with Crippen molar-refractivity contribution in [2.45, 2.75) is 12.6 Å². The van der Waals surface area contributed by atoms with Crippen molar-refractivity contribution in [2.24, 2.45) is 0 Å². The Hall–Kier alpha value is -2.54. The summed E-state index contributed by atoms with van der Waals surface area (Å²) < 4.78 is 27.5. The molecule has 5 nitrogen and oxygen atoms in total. The monoisotopic (exact) mass is 308 g/mol. The van der Waals surface area contributed by atoms with Crippen LogP contribution in [-0.4, -0.2) is 28.2 Å². The van der Waals surface area contributed by atoms with E-state index in [-0.39, 0.29) is 24.2 Å². The first-order valence-corrected chi connectivity index (χ1v) is 6.54. The first kappa shape index (κ1) is 15.8. The molecule has 0 aliphatic heterocycles. The van der Waals surface area contributed by atoms with Gasteiger partial charge in [-0.3, -0.25) is 9.59 Å². The molecular weight excluding hydrogens is 294 g/mol. The highest BCUT2D eigenvalue weighted by molar-refractivity contribution is 5.94.